The van der Waals surface area contributed by atoms with Crippen LogP contribution < -0.4 is 10.6 Å². The number of aromatic nitrogens is 2. The average Bonchev–Trinajstić information content (AvgIpc) is 3.52. The number of rotatable bonds is 7. The third kappa shape index (κ3) is 6.68. The van der Waals surface area contributed by atoms with Crippen LogP contribution in [0.25, 0.3) is 26.4 Å². The number of benzene rings is 2. The van der Waals surface area contributed by atoms with E-state index in [2.05, 4.69) is 15.5 Å². The van der Waals surface area contributed by atoms with E-state index < -0.39 is 5.60 Å². The molecule has 2 aromatic carbocycles. The number of nitrogens with one attached hydrogen (secondary N) is 2. The van der Waals surface area contributed by atoms with Crippen molar-refractivity contribution in [2.24, 2.45) is 0 Å². The molecule has 5 rings (SSSR count). The zero-order valence-corrected chi connectivity index (χ0v) is 24.7. The van der Waals surface area contributed by atoms with Gasteiger partial charge in [0.05, 0.1) is 15.9 Å². The Kier molecular flexibility index (Phi) is 8.27. The van der Waals surface area contributed by atoms with Crippen LogP contribution >= 0.6 is 11.3 Å². The Balaban J connectivity index is 1.12. The van der Waals surface area contributed by atoms with Crippen molar-refractivity contribution in [3.8, 4) is 11.3 Å². The van der Waals surface area contributed by atoms with Gasteiger partial charge in [0, 0.05) is 62.7 Å². The molecular weight excluding hydrogens is 540 g/mol. The summed E-state index contributed by atoms with van der Waals surface area (Å²) in [4.78, 5) is 46.6. The molecule has 0 radical (unpaired) electrons. The van der Waals surface area contributed by atoms with Crippen LogP contribution in [-0.2, 0) is 4.74 Å². The van der Waals surface area contributed by atoms with E-state index in [1.807, 2.05) is 61.7 Å². The summed E-state index contributed by atoms with van der Waals surface area (Å²) in [5.74, 6) is -0.215. The number of hydrogen-bond donors (Lipinski definition) is 2. The van der Waals surface area contributed by atoms with Crippen LogP contribution in [0.2, 0.25) is 0 Å². The van der Waals surface area contributed by atoms with Gasteiger partial charge in [-0.2, -0.15) is 0 Å². The first-order valence-corrected chi connectivity index (χ1v) is 14.7. The number of carbonyl (C=O) groups is 3. The highest BCUT2D eigenvalue weighted by Gasteiger charge is 2.25. The lowest BCUT2D eigenvalue weighted by Crippen LogP contribution is -2.50. The Morgan fingerprint density at radius 3 is 2.37 bits per heavy atom. The molecule has 0 atom stereocenters. The molecule has 216 valence electrons. The SMILES string of the molecule is CNC(=O)c1ccc(-c2cn3c(n2)sc2cc(C(=O)NCCCN4CCN(C(=O)OC(C)(C)C)CC4)ccc23)cc1. The summed E-state index contributed by atoms with van der Waals surface area (Å²) in [5, 5.41) is 5.66. The van der Waals surface area contributed by atoms with Crippen molar-refractivity contribution in [3.05, 3.63) is 59.8 Å². The minimum absolute atomic E-state index is 0.0930. The fourth-order valence-electron chi connectivity index (χ4n) is 4.81. The molecule has 41 heavy (non-hydrogen) atoms. The topological polar surface area (TPSA) is 108 Å². The molecule has 10 nitrogen and oxygen atoms in total. The van der Waals surface area contributed by atoms with Crippen LogP contribution in [0.5, 0.6) is 0 Å². The number of carbonyl (C=O) groups excluding carboxylic acids is 3. The molecule has 2 aromatic heterocycles. The van der Waals surface area contributed by atoms with Crippen molar-refractivity contribution >= 4 is 44.4 Å². The van der Waals surface area contributed by atoms with Gasteiger partial charge in [-0.05, 0) is 64.1 Å². The molecule has 0 spiro atoms. The predicted molar refractivity (Wildman–Crippen MR) is 161 cm³/mol. The smallest absolute Gasteiger partial charge is 0.410 e. The average molecular weight is 577 g/mol. The zero-order chi connectivity index (χ0) is 29.1. The van der Waals surface area contributed by atoms with Crippen molar-refractivity contribution in [2.45, 2.75) is 32.8 Å². The second-order valence-corrected chi connectivity index (χ2v) is 12.1. The maximum absolute atomic E-state index is 12.8. The minimum atomic E-state index is -0.487. The van der Waals surface area contributed by atoms with E-state index in [4.69, 9.17) is 9.72 Å². The Hall–Kier alpha value is -3.96. The molecule has 1 fully saturated rings. The third-order valence-corrected chi connectivity index (χ3v) is 8.00. The molecule has 11 heteroatoms. The van der Waals surface area contributed by atoms with Crippen molar-refractivity contribution < 1.29 is 19.1 Å². The molecule has 1 aliphatic heterocycles. The zero-order valence-electron chi connectivity index (χ0n) is 23.9. The van der Waals surface area contributed by atoms with Gasteiger partial charge in [0.15, 0.2) is 4.96 Å². The molecule has 4 aromatic rings. The molecule has 0 unspecified atom stereocenters. The van der Waals surface area contributed by atoms with E-state index in [0.29, 0.717) is 30.8 Å². The maximum Gasteiger partial charge on any atom is 0.410 e. The van der Waals surface area contributed by atoms with Gasteiger partial charge in [-0.3, -0.25) is 18.9 Å². The molecule has 0 aliphatic carbocycles. The fourth-order valence-corrected chi connectivity index (χ4v) is 5.85. The van der Waals surface area contributed by atoms with Gasteiger partial charge in [-0.15, -0.1) is 0 Å². The standard InChI is InChI=1S/C30H36N6O4S/c1-30(2,3)40-29(39)35-16-14-34(15-17-35)13-5-12-32-27(38)22-10-11-24-25(18-22)41-28-33-23(19-36(24)28)20-6-8-21(9-7-20)26(37)31-4/h6-11,18-19H,5,12-17H2,1-4H3,(H,31,37)(H,32,38). The summed E-state index contributed by atoms with van der Waals surface area (Å²) in [6.07, 6.45) is 2.56. The molecule has 0 saturated carbocycles. The Labute approximate surface area is 243 Å². The van der Waals surface area contributed by atoms with E-state index in [1.54, 1.807) is 24.1 Å². The molecular formula is C30H36N6O4S. The molecule has 1 saturated heterocycles. The van der Waals surface area contributed by atoms with Crippen molar-refractivity contribution in [3.63, 3.8) is 0 Å². The number of nitrogens with zero attached hydrogens (tertiary/aromatic N) is 4. The molecule has 2 N–H and O–H groups in total. The molecule has 3 heterocycles. The maximum atomic E-state index is 12.8. The van der Waals surface area contributed by atoms with Gasteiger partial charge >= 0.3 is 6.09 Å². The highest BCUT2D eigenvalue weighted by molar-refractivity contribution is 7.23. The van der Waals surface area contributed by atoms with Crippen LogP contribution in [0.3, 0.4) is 0 Å². The Bertz CT molecular complexity index is 1560. The highest BCUT2D eigenvalue weighted by Crippen LogP contribution is 2.30. The van der Waals surface area contributed by atoms with Gasteiger partial charge in [0.2, 0.25) is 0 Å². The quantitative estimate of drug-likeness (QED) is 0.319. The normalized spacial score (nSPS) is 14.4. The number of imidazole rings is 1. The van der Waals surface area contributed by atoms with Crippen LogP contribution in [-0.4, -0.2) is 89.0 Å². The van der Waals surface area contributed by atoms with E-state index in [1.165, 1.54) is 11.3 Å². The molecule has 0 bridgehead atoms. The molecule has 1 aliphatic rings. The number of ether oxygens (including phenoxy) is 1. The Morgan fingerprint density at radius 1 is 0.976 bits per heavy atom. The lowest BCUT2D eigenvalue weighted by atomic mass is 10.1. The van der Waals surface area contributed by atoms with Gasteiger partial charge < -0.3 is 20.3 Å². The van der Waals surface area contributed by atoms with Crippen molar-refractivity contribution in [1.82, 2.24) is 29.8 Å². The largest absolute Gasteiger partial charge is 0.444 e. The summed E-state index contributed by atoms with van der Waals surface area (Å²) < 4.78 is 8.49. The predicted octanol–water partition coefficient (Wildman–Crippen LogP) is 4.25. The summed E-state index contributed by atoms with van der Waals surface area (Å²) in [5.41, 5.74) is 3.49. The van der Waals surface area contributed by atoms with Crippen LogP contribution in [0.1, 0.15) is 47.9 Å². The second-order valence-electron chi connectivity index (χ2n) is 11.1. The Morgan fingerprint density at radius 2 is 1.68 bits per heavy atom. The first kappa shape index (κ1) is 28.6. The van der Waals surface area contributed by atoms with Gasteiger partial charge in [-0.1, -0.05) is 23.5 Å². The fraction of sp³-hybridized carbons (Fsp3) is 0.400. The van der Waals surface area contributed by atoms with Crippen LogP contribution in [0, 0.1) is 0 Å². The van der Waals surface area contributed by atoms with E-state index in [-0.39, 0.29) is 17.9 Å². The number of thiazole rings is 1. The lowest BCUT2D eigenvalue weighted by Gasteiger charge is -2.35. The monoisotopic (exact) mass is 576 g/mol. The van der Waals surface area contributed by atoms with Gasteiger partial charge in [-0.25, -0.2) is 9.78 Å². The van der Waals surface area contributed by atoms with Gasteiger partial charge in [0.25, 0.3) is 11.8 Å². The second kappa shape index (κ2) is 11.9. The van der Waals surface area contributed by atoms with Gasteiger partial charge in [0.1, 0.15) is 5.60 Å². The number of fused-ring (bicyclic) bond motifs is 3. The number of piperazine rings is 1. The molecule has 3 amide bonds. The summed E-state index contributed by atoms with van der Waals surface area (Å²) in [7, 11) is 1.61. The van der Waals surface area contributed by atoms with E-state index >= 15 is 0 Å². The van der Waals surface area contributed by atoms with E-state index in [0.717, 1.165) is 52.5 Å². The number of amides is 3. The number of hydrogen-bond acceptors (Lipinski definition) is 7. The van der Waals surface area contributed by atoms with Crippen molar-refractivity contribution in [1.29, 1.82) is 0 Å². The first-order valence-electron chi connectivity index (χ1n) is 13.8. The van der Waals surface area contributed by atoms with E-state index in [9.17, 15) is 14.4 Å². The van der Waals surface area contributed by atoms with Crippen molar-refractivity contribution in [2.75, 3.05) is 46.3 Å². The highest BCUT2D eigenvalue weighted by atomic mass is 32.1. The third-order valence-electron chi connectivity index (χ3n) is 6.99. The van der Waals surface area contributed by atoms with Crippen LogP contribution in [0.15, 0.2) is 48.7 Å². The first-order chi connectivity index (χ1) is 19.6. The summed E-state index contributed by atoms with van der Waals surface area (Å²) in [6.45, 7) is 9.97. The summed E-state index contributed by atoms with van der Waals surface area (Å²) in [6, 6.07) is 13.1. The van der Waals surface area contributed by atoms with Crippen LogP contribution in [0.4, 0.5) is 4.79 Å². The minimum Gasteiger partial charge on any atom is -0.444 e. The summed E-state index contributed by atoms with van der Waals surface area (Å²) >= 11 is 1.54. The lowest BCUT2D eigenvalue weighted by molar-refractivity contribution is 0.0144.